The van der Waals surface area contributed by atoms with E-state index in [9.17, 15) is 4.39 Å². The van der Waals surface area contributed by atoms with Crippen LogP contribution in [-0.4, -0.2) is 10.8 Å². The van der Waals surface area contributed by atoms with Crippen LogP contribution in [0.5, 0.6) is 0 Å². The second-order valence-corrected chi connectivity index (χ2v) is 2.28. The van der Waals surface area contributed by atoms with E-state index in [0.717, 1.165) is 0 Å². The lowest BCUT2D eigenvalue weighted by atomic mass is 10.2. The molecule has 0 bridgehead atoms. The highest BCUT2D eigenvalue weighted by Crippen LogP contribution is 2.15. The van der Waals surface area contributed by atoms with Gasteiger partial charge in [0.05, 0.1) is 10.6 Å². The summed E-state index contributed by atoms with van der Waals surface area (Å²) in [6.45, 7) is 0. The van der Waals surface area contributed by atoms with Crippen molar-refractivity contribution in [2.24, 2.45) is 5.73 Å². The normalized spacial score (nSPS) is 9.64. The van der Waals surface area contributed by atoms with Gasteiger partial charge in [0, 0.05) is 6.20 Å². The van der Waals surface area contributed by atoms with Crippen molar-refractivity contribution in [2.75, 3.05) is 0 Å². The lowest BCUT2D eigenvalue weighted by Gasteiger charge is -2.00. The van der Waals surface area contributed by atoms with Crippen molar-refractivity contribution in [3.05, 3.63) is 28.8 Å². The van der Waals surface area contributed by atoms with Gasteiger partial charge in [0.2, 0.25) is 5.95 Å². The zero-order valence-corrected chi connectivity index (χ0v) is 6.19. The Kier molecular flexibility index (Phi) is 2.05. The summed E-state index contributed by atoms with van der Waals surface area (Å²) in [4.78, 5) is 3.29. The molecule has 0 radical (unpaired) electrons. The first-order valence-corrected chi connectivity index (χ1v) is 3.15. The Balaban J connectivity index is 3.32. The van der Waals surface area contributed by atoms with Crippen LogP contribution in [0.4, 0.5) is 4.39 Å². The number of nitrogens with zero attached hydrogens (tertiary/aromatic N) is 1. The van der Waals surface area contributed by atoms with Gasteiger partial charge >= 0.3 is 0 Å². The molecule has 0 spiro atoms. The maximum Gasteiger partial charge on any atom is 0.225 e. The summed E-state index contributed by atoms with van der Waals surface area (Å²) >= 11 is 5.52. The van der Waals surface area contributed by atoms with Crippen molar-refractivity contribution in [1.82, 2.24) is 4.98 Å². The van der Waals surface area contributed by atoms with E-state index >= 15 is 0 Å². The third-order valence-electron chi connectivity index (χ3n) is 1.12. The van der Waals surface area contributed by atoms with E-state index in [4.69, 9.17) is 22.7 Å². The average Bonchev–Trinajstić information content (AvgIpc) is 1.85. The van der Waals surface area contributed by atoms with Crippen molar-refractivity contribution in [2.45, 2.75) is 0 Å². The lowest BCUT2D eigenvalue weighted by molar-refractivity contribution is 0.581. The van der Waals surface area contributed by atoms with Crippen LogP contribution in [0.2, 0.25) is 5.02 Å². The molecule has 58 valence electrons. The van der Waals surface area contributed by atoms with Crippen molar-refractivity contribution >= 4 is 17.4 Å². The summed E-state index contributed by atoms with van der Waals surface area (Å²) in [7, 11) is 0. The Morgan fingerprint density at radius 2 is 2.36 bits per heavy atom. The van der Waals surface area contributed by atoms with E-state index in [0.29, 0.717) is 0 Å². The van der Waals surface area contributed by atoms with Crippen molar-refractivity contribution in [3.63, 3.8) is 0 Å². The van der Waals surface area contributed by atoms with E-state index in [1.54, 1.807) is 0 Å². The number of hydrogen-bond donors (Lipinski definition) is 2. The fraction of sp³-hybridized carbons (Fsp3) is 0. The molecule has 0 saturated carbocycles. The quantitative estimate of drug-likeness (QED) is 0.380. The minimum Gasteiger partial charge on any atom is -0.383 e. The molecule has 11 heavy (non-hydrogen) atoms. The zero-order chi connectivity index (χ0) is 8.43. The summed E-state index contributed by atoms with van der Waals surface area (Å²) in [5.74, 6) is -1.23. The maximum atomic E-state index is 12.7. The van der Waals surface area contributed by atoms with Crippen LogP contribution in [0, 0.1) is 11.4 Å². The third kappa shape index (κ3) is 1.46. The van der Waals surface area contributed by atoms with Crippen LogP contribution in [-0.2, 0) is 0 Å². The lowest BCUT2D eigenvalue weighted by Crippen LogP contribution is -2.14. The molecule has 0 aliphatic heterocycles. The number of nitrogens with two attached hydrogens (primary N) is 1. The molecule has 1 rings (SSSR count). The molecular weight excluding hydrogens is 169 g/mol. The number of aromatic nitrogens is 1. The van der Waals surface area contributed by atoms with Gasteiger partial charge in [0.15, 0.2) is 0 Å². The van der Waals surface area contributed by atoms with Crippen LogP contribution in [0.15, 0.2) is 12.3 Å². The highest BCUT2D eigenvalue weighted by atomic mass is 35.5. The van der Waals surface area contributed by atoms with E-state index in [1.807, 2.05) is 0 Å². The van der Waals surface area contributed by atoms with Gasteiger partial charge in [-0.3, -0.25) is 5.41 Å². The SMILES string of the molecule is N=C(N)c1c(Cl)ccnc1F. The molecule has 3 N–H and O–H groups in total. The number of halogens is 2. The second kappa shape index (κ2) is 2.84. The van der Waals surface area contributed by atoms with Gasteiger partial charge < -0.3 is 5.73 Å². The standard InChI is InChI=1S/C6H5ClFN3/c7-3-1-2-11-5(8)4(3)6(9)10/h1-2H,(H3,9,10). The molecule has 0 unspecified atom stereocenters. The van der Waals surface area contributed by atoms with Gasteiger partial charge in [0.25, 0.3) is 0 Å². The molecule has 0 aromatic carbocycles. The number of pyridine rings is 1. The smallest absolute Gasteiger partial charge is 0.225 e. The summed E-state index contributed by atoms with van der Waals surface area (Å²) in [5, 5.41) is 7.03. The fourth-order valence-corrected chi connectivity index (χ4v) is 0.890. The molecular formula is C6H5ClFN3. The highest BCUT2D eigenvalue weighted by Gasteiger charge is 2.09. The Labute approximate surface area is 67.5 Å². The van der Waals surface area contributed by atoms with Gasteiger partial charge in [-0.2, -0.15) is 4.39 Å². The van der Waals surface area contributed by atoms with Gasteiger partial charge in [-0.25, -0.2) is 4.98 Å². The predicted octanol–water partition coefficient (Wildman–Crippen LogP) is 1.16. The van der Waals surface area contributed by atoms with Crippen LogP contribution >= 0.6 is 11.6 Å². The summed E-state index contributed by atoms with van der Waals surface area (Å²) in [6, 6.07) is 1.38. The number of rotatable bonds is 1. The van der Waals surface area contributed by atoms with E-state index in [1.165, 1.54) is 12.3 Å². The first-order chi connectivity index (χ1) is 5.13. The van der Waals surface area contributed by atoms with E-state index in [2.05, 4.69) is 4.98 Å². The highest BCUT2D eigenvalue weighted by molar-refractivity contribution is 6.33. The summed E-state index contributed by atoms with van der Waals surface area (Å²) < 4.78 is 12.7. The minimum absolute atomic E-state index is 0.102. The fourth-order valence-electron chi connectivity index (χ4n) is 0.654. The molecule has 1 aromatic rings. The summed E-state index contributed by atoms with van der Waals surface area (Å²) in [5.41, 5.74) is 4.89. The average molecular weight is 174 g/mol. The molecule has 0 aliphatic rings. The van der Waals surface area contributed by atoms with Gasteiger partial charge in [-0.15, -0.1) is 0 Å². The zero-order valence-electron chi connectivity index (χ0n) is 5.44. The molecule has 0 saturated heterocycles. The largest absolute Gasteiger partial charge is 0.383 e. The number of hydrogen-bond acceptors (Lipinski definition) is 2. The predicted molar refractivity (Wildman–Crippen MR) is 40.2 cm³/mol. The Hall–Kier alpha value is -1.16. The topological polar surface area (TPSA) is 62.8 Å². The van der Waals surface area contributed by atoms with Crippen molar-refractivity contribution in [3.8, 4) is 0 Å². The van der Waals surface area contributed by atoms with Gasteiger partial charge in [-0.1, -0.05) is 11.6 Å². The van der Waals surface area contributed by atoms with E-state index < -0.39 is 11.8 Å². The van der Waals surface area contributed by atoms with Crippen molar-refractivity contribution in [1.29, 1.82) is 5.41 Å². The molecule has 1 heterocycles. The molecule has 5 heteroatoms. The second-order valence-electron chi connectivity index (χ2n) is 1.87. The molecule has 1 aromatic heterocycles. The first kappa shape index (κ1) is 7.94. The van der Waals surface area contributed by atoms with Crippen LogP contribution < -0.4 is 5.73 Å². The Morgan fingerprint density at radius 3 is 2.73 bits per heavy atom. The Morgan fingerprint density at radius 1 is 1.73 bits per heavy atom. The monoisotopic (exact) mass is 173 g/mol. The first-order valence-electron chi connectivity index (χ1n) is 2.77. The number of nitrogens with one attached hydrogen (secondary N) is 1. The van der Waals surface area contributed by atoms with Crippen molar-refractivity contribution < 1.29 is 4.39 Å². The third-order valence-corrected chi connectivity index (χ3v) is 1.44. The molecule has 0 atom stereocenters. The minimum atomic E-state index is -0.815. The molecule has 0 amide bonds. The number of nitrogen functional groups attached to an aromatic ring is 1. The maximum absolute atomic E-state index is 12.7. The van der Waals surface area contributed by atoms with Gasteiger partial charge in [-0.05, 0) is 6.07 Å². The van der Waals surface area contributed by atoms with Crippen LogP contribution in [0.25, 0.3) is 0 Å². The number of amidine groups is 1. The molecule has 0 aliphatic carbocycles. The van der Waals surface area contributed by atoms with Crippen LogP contribution in [0.3, 0.4) is 0 Å². The summed E-state index contributed by atoms with van der Waals surface area (Å²) in [6.07, 6.45) is 1.21. The van der Waals surface area contributed by atoms with Gasteiger partial charge in [0.1, 0.15) is 5.84 Å². The molecule has 3 nitrogen and oxygen atoms in total. The molecule has 0 fully saturated rings. The van der Waals surface area contributed by atoms with Crippen LogP contribution in [0.1, 0.15) is 5.56 Å². The Bertz CT molecular complexity index is 280. The van der Waals surface area contributed by atoms with E-state index in [-0.39, 0.29) is 10.6 Å².